The molecule has 0 atom stereocenters. The third-order valence-electron chi connectivity index (χ3n) is 7.27. The van der Waals surface area contributed by atoms with E-state index in [1.807, 2.05) is 6.07 Å². The molecule has 2 aliphatic rings. The van der Waals surface area contributed by atoms with Crippen molar-refractivity contribution >= 4 is 41.9 Å². The predicted octanol–water partition coefficient (Wildman–Crippen LogP) is 2.79. The van der Waals surface area contributed by atoms with E-state index in [0.717, 1.165) is 5.39 Å². The largest absolute Gasteiger partial charge is 0.346 e. The predicted molar refractivity (Wildman–Crippen MR) is 132 cm³/mol. The molecule has 0 radical (unpaired) electrons. The van der Waals surface area contributed by atoms with Crippen LogP contribution in [-0.4, -0.2) is 59.5 Å². The summed E-state index contributed by atoms with van der Waals surface area (Å²) < 4.78 is 56.3. The van der Waals surface area contributed by atoms with Crippen molar-refractivity contribution in [2.75, 3.05) is 18.8 Å². The lowest BCUT2D eigenvalue weighted by Gasteiger charge is -2.40. The van der Waals surface area contributed by atoms with E-state index in [4.69, 9.17) is 5.26 Å². The Balaban J connectivity index is 1.38. The summed E-state index contributed by atoms with van der Waals surface area (Å²) in [6.45, 7) is 2.25. The van der Waals surface area contributed by atoms with Crippen molar-refractivity contribution in [3.63, 3.8) is 0 Å². The first-order chi connectivity index (χ1) is 17.2. The fourth-order valence-corrected chi connectivity index (χ4v) is 8.81. The van der Waals surface area contributed by atoms with Gasteiger partial charge in [0.15, 0.2) is 0 Å². The molecule has 12 heteroatoms. The molecule has 1 aliphatic carbocycles. The van der Waals surface area contributed by atoms with E-state index in [1.54, 1.807) is 48.1 Å². The molecule has 0 amide bonds. The first kappa shape index (κ1) is 23.1. The summed E-state index contributed by atoms with van der Waals surface area (Å²) in [7, 11) is -7.40. The fourth-order valence-electron chi connectivity index (χ4n) is 5.25. The summed E-state index contributed by atoms with van der Waals surface area (Å²) in [6.07, 6.45) is 4.36. The molecule has 36 heavy (non-hydrogen) atoms. The van der Waals surface area contributed by atoms with Crippen LogP contribution in [0.1, 0.15) is 24.4 Å². The number of nitrogens with zero attached hydrogens (tertiary/aromatic N) is 5. The first-order valence-electron chi connectivity index (χ1n) is 11.7. The van der Waals surface area contributed by atoms with Gasteiger partial charge in [0.05, 0.1) is 34.3 Å². The molecule has 0 bridgehead atoms. The zero-order valence-electron chi connectivity index (χ0n) is 19.5. The van der Waals surface area contributed by atoms with E-state index in [-0.39, 0.29) is 46.8 Å². The number of rotatable bonds is 6. The number of benzene rings is 1. The molecule has 1 aliphatic heterocycles. The maximum atomic E-state index is 13.8. The molecule has 1 saturated heterocycles. The molecule has 1 aromatic carbocycles. The number of fused-ring (bicyclic) bond motifs is 3. The van der Waals surface area contributed by atoms with Gasteiger partial charge < -0.3 is 9.55 Å². The smallest absolute Gasteiger partial charge is 0.240 e. The van der Waals surface area contributed by atoms with Gasteiger partial charge in [-0.05, 0) is 43.4 Å². The minimum Gasteiger partial charge on any atom is -0.346 e. The highest BCUT2D eigenvalue weighted by molar-refractivity contribution is 7.91. The van der Waals surface area contributed by atoms with Crippen LogP contribution in [0.2, 0.25) is 0 Å². The van der Waals surface area contributed by atoms with Gasteiger partial charge >= 0.3 is 0 Å². The Morgan fingerprint density at radius 1 is 1.14 bits per heavy atom. The summed E-state index contributed by atoms with van der Waals surface area (Å²) in [5.41, 5.74) is 2.42. The van der Waals surface area contributed by atoms with Crippen LogP contribution < -0.4 is 0 Å². The molecule has 2 fully saturated rings. The third kappa shape index (κ3) is 3.53. The van der Waals surface area contributed by atoms with Crippen molar-refractivity contribution < 1.29 is 16.8 Å². The second-order valence-corrected chi connectivity index (χ2v) is 13.5. The molecular weight excluding hydrogens is 500 g/mol. The van der Waals surface area contributed by atoms with Gasteiger partial charge in [-0.15, -0.1) is 0 Å². The Morgan fingerprint density at radius 3 is 2.61 bits per heavy atom. The van der Waals surface area contributed by atoms with Crippen LogP contribution in [0.3, 0.4) is 0 Å². The Kier molecular flexibility index (Phi) is 5.22. The number of hydrogen-bond donors (Lipinski definition) is 1. The van der Waals surface area contributed by atoms with Crippen LogP contribution in [-0.2, 0) is 19.9 Å². The van der Waals surface area contributed by atoms with Gasteiger partial charge in [0.25, 0.3) is 0 Å². The number of nitrogens with one attached hydrogen (secondary N) is 1. The SMILES string of the molecule is Cc1ccccc1S(=O)(=O)c1nc2cnc3[nH]ccc3c2n1C1CC(CS(=O)(=O)N2CC(C#N)C2)C1. The number of aromatic amines is 1. The van der Waals surface area contributed by atoms with Gasteiger partial charge in [0.2, 0.25) is 25.0 Å². The van der Waals surface area contributed by atoms with Crippen molar-refractivity contribution in [2.24, 2.45) is 11.8 Å². The number of aryl methyl sites for hydroxylation is 1. The molecule has 4 aromatic rings. The minimum absolute atomic E-state index is 0.00469. The number of hydrogen-bond acceptors (Lipinski definition) is 7. The van der Waals surface area contributed by atoms with Crippen molar-refractivity contribution in [3.05, 3.63) is 48.3 Å². The number of aromatic nitrogens is 4. The number of sulfone groups is 1. The third-order valence-corrected chi connectivity index (χ3v) is 11.1. The van der Waals surface area contributed by atoms with Crippen molar-refractivity contribution in [1.29, 1.82) is 5.26 Å². The molecule has 0 spiro atoms. The summed E-state index contributed by atoms with van der Waals surface area (Å²) in [4.78, 5) is 12.2. The van der Waals surface area contributed by atoms with Gasteiger partial charge in [-0.2, -0.15) is 9.57 Å². The Bertz CT molecular complexity index is 1750. The lowest BCUT2D eigenvalue weighted by molar-refractivity contribution is 0.201. The maximum Gasteiger partial charge on any atom is 0.240 e. The van der Waals surface area contributed by atoms with E-state index < -0.39 is 19.9 Å². The van der Waals surface area contributed by atoms with Crippen molar-refractivity contribution in [2.45, 2.75) is 35.9 Å². The lowest BCUT2D eigenvalue weighted by atomic mass is 9.81. The standard InChI is InChI=1S/C24H24N6O4S2/c1-15-4-2-3-5-21(15)36(33,34)24-28-20-11-27-23-19(6-7-26-23)22(20)30(24)18-8-16(9-18)14-35(31,32)29-12-17(10-25)13-29/h2-7,11,16-18H,8-9,12-14H2,1H3,(H,26,27). The molecule has 0 unspecified atom stereocenters. The molecule has 6 rings (SSSR count). The average Bonchev–Trinajstić information content (AvgIpc) is 3.40. The van der Waals surface area contributed by atoms with Gasteiger partial charge in [-0.3, -0.25) is 0 Å². The Labute approximate surface area is 208 Å². The van der Waals surface area contributed by atoms with Gasteiger partial charge in [-0.1, -0.05) is 18.2 Å². The lowest BCUT2D eigenvalue weighted by Crippen LogP contribution is -2.51. The van der Waals surface area contributed by atoms with E-state index in [0.29, 0.717) is 35.1 Å². The van der Waals surface area contributed by atoms with Gasteiger partial charge in [0.1, 0.15) is 11.2 Å². The molecular formula is C24H24N6O4S2. The van der Waals surface area contributed by atoms with E-state index in [2.05, 4.69) is 21.0 Å². The van der Waals surface area contributed by atoms with E-state index in [9.17, 15) is 16.8 Å². The first-order valence-corrected chi connectivity index (χ1v) is 14.8. The highest BCUT2D eigenvalue weighted by Crippen LogP contribution is 2.44. The second kappa shape index (κ2) is 8.12. The average molecular weight is 525 g/mol. The van der Waals surface area contributed by atoms with Crippen LogP contribution in [0.25, 0.3) is 22.1 Å². The number of nitriles is 1. The minimum atomic E-state index is -3.95. The molecule has 1 N–H and O–H groups in total. The van der Waals surface area contributed by atoms with Gasteiger partial charge in [-0.25, -0.2) is 26.8 Å². The summed E-state index contributed by atoms with van der Waals surface area (Å²) in [5, 5.41) is 9.67. The topological polar surface area (TPSA) is 142 Å². The maximum absolute atomic E-state index is 13.8. The Hall–Kier alpha value is -3.27. The van der Waals surface area contributed by atoms with E-state index >= 15 is 0 Å². The molecule has 10 nitrogen and oxygen atoms in total. The van der Waals surface area contributed by atoms with Crippen LogP contribution >= 0.6 is 0 Å². The Morgan fingerprint density at radius 2 is 1.89 bits per heavy atom. The number of imidazole rings is 1. The summed E-state index contributed by atoms with van der Waals surface area (Å²) in [6, 6.07) is 10.5. The van der Waals surface area contributed by atoms with Crippen LogP contribution in [0.15, 0.2) is 52.8 Å². The highest BCUT2D eigenvalue weighted by Gasteiger charge is 2.42. The molecule has 1 saturated carbocycles. The normalized spacial score (nSPS) is 21.3. The molecule has 4 heterocycles. The van der Waals surface area contributed by atoms with Crippen LogP contribution in [0.4, 0.5) is 0 Å². The quantitative estimate of drug-likeness (QED) is 0.409. The zero-order valence-corrected chi connectivity index (χ0v) is 21.1. The van der Waals surface area contributed by atoms with Crippen LogP contribution in [0, 0.1) is 30.1 Å². The summed E-state index contributed by atoms with van der Waals surface area (Å²) in [5.74, 6) is -0.344. The monoisotopic (exact) mass is 524 g/mol. The summed E-state index contributed by atoms with van der Waals surface area (Å²) >= 11 is 0. The highest BCUT2D eigenvalue weighted by atomic mass is 32.2. The molecule has 186 valence electrons. The van der Waals surface area contributed by atoms with Gasteiger partial charge in [0, 0.05) is 30.7 Å². The van der Waals surface area contributed by atoms with Crippen molar-refractivity contribution in [1.82, 2.24) is 23.8 Å². The number of sulfonamides is 1. The fraction of sp³-hybridized carbons (Fsp3) is 0.375. The van der Waals surface area contributed by atoms with Crippen molar-refractivity contribution in [3.8, 4) is 6.07 Å². The zero-order chi connectivity index (χ0) is 25.2. The van der Waals surface area contributed by atoms with E-state index in [1.165, 1.54) is 4.31 Å². The number of H-pyrrole nitrogens is 1. The second-order valence-electron chi connectivity index (χ2n) is 9.68. The van der Waals surface area contributed by atoms with Crippen LogP contribution in [0.5, 0.6) is 0 Å². The molecule has 3 aromatic heterocycles. The number of pyridine rings is 1.